The fourth-order valence-corrected chi connectivity index (χ4v) is 3.52. The molecule has 0 aromatic heterocycles. The largest absolute Gasteiger partial charge is 0.464 e. The van der Waals surface area contributed by atoms with E-state index in [1.54, 1.807) is 6.07 Å². The Morgan fingerprint density at radius 2 is 1.89 bits per heavy atom. The number of hydrogen-bond acceptors (Lipinski definition) is 6. The molecule has 0 heterocycles. The molecule has 0 bridgehead atoms. The zero-order valence-corrected chi connectivity index (χ0v) is 18.9. The maximum absolute atomic E-state index is 12.1. The number of esters is 1. The first kappa shape index (κ1) is 22.2. The van der Waals surface area contributed by atoms with E-state index in [0.29, 0.717) is 16.3 Å². The lowest BCUT2D eigenvalue weighted by Gasteiger charge is -2.12. The van der Waals surface area contributed by atoms with Gasteiger partial charge in [0.2, 0.25) is 0 Å². The molecule has 0 unspecified atom stereocenters. The first-order valence-electron chi connectivity index (χ1n) is 8.29. The Labute approximate surface area is 182 Å². The summed E-state index contributed by atoms with van der Waals surface area (Å²) in [5, 5.41) is 8.59. The molecule has 28 heavy (non-hydrogen) atoms. The number of nitrogens with zero attached hydrogens (tertiary/aromatic N) is 2. The maximum Gasteiger partial charge on any atom is 0.360 e. The molecule has 0 aliphatic carbocycles. The van der Waals surface area contributed by atoms with Crippen molar-refractivity contribution in [2.24, 2.45) is 10.3 Å². The average Bonchev–Trinajstić information content (AvgIpc) is 2.66. The van der Waals surface area contributed by atoms with E-state index in [9.17, 15) is 4.79 Å². The highest BCUT2D eigenvalue weighted by Gasteiger charge is 2.20. The monoisotopic (exact) mass is 514 g/mol. The molecule has 2 aromatic rings. The van der Waals surface area contributed by atoms with Crippen LogP contribution in [0.1, 0.15) is 29.2 Å². The number of aryl methyl sites for hydroxylation is 1. The van der Waals surface area contributed by atoms with Gasteiger partial charge in [0.25, 0.3) is 0 Å². The number of rotatable bonds is 7. The van der Waals surface area contributed by atoms with Crippen LogP contribution in [0.15, 0.2) is 46.7 Å². The van der Waals surface area contributed by atoms with E-state index in [2.05, 4.69) is 32.9 Å². The van der Waals surface area contributed by atoms with Crippen molar-refractivity contribution < 1.29 is 19.2 Å². The van der Waals surface area contributed by atoms with Gasteiger partial charge < -0.3 is 14.4 Å². The summed E-state index contributed by atoms with van der Waals surface area (Å²) in [4.78, 5) is 22.4. The third-order valence-corrected chi connectivity index (χ3v) is 4.94. The maximum atomic E-state index is 12.1. The number of halogens is 2. The van der Waals surface area contributed by atoms with Gasteiger partial charge in [-0.15, -0.1) is 0 Å². The van der Waals surface area contributed by atoms with Crippen molar-refractivity contribution >= 4 is 51.6 Å². The second kappa shape index (κ2) is 10.4. The van der Waals surface area contributed by atoms with Gasteiger partial charge in [0.1, 0.15) is 13.7 Å². The van der Waals surface area contributed by atoms with E-state index in [1.165, 1.54) is 14.2 Å². The minimum atomic E-state index is -0.598. The van der Waals surface area contributed by atoms with E-state index < -0.39 is 5.97 Å². The van der Waals surface area contributed by atoms with Crippen molar-refractivity contribution in [1.29, 1.82) is 0 Å². The smallest absolute Gasteiger partial charge is 0.360 e. The zero-order valence-electron chi connectivity index (χ0n) is 16.0. The highest BCUT2D eigenvalue weighted by molar-refractivity contribution is 14.1. The molecule has 0 aliphatic rings. The summed E-state index contributed by atoms with van der Waals surface area (Å²) >= 11 is 8.47. The summed E-state index contributed by atoms with van der Waals surface area (Å²) < 4.78 is 5.84. The van der Waals surface area contributed by atoms with Gasteiger partial charge in [0, 0.05) is 20.3 Å². The second-order valence-electron chi connectivity index (χ2n) is 5.79. The van der Waals surface area contributed by atoms with Gasteiger partial charge in [0.05, 0.1) is 17.8 Å². The Morgan fingerprint density at radius 1 is 1.14 bits per heavy atom. The molecule has 0 aliphatic heterocycles. The van der Waals surface area contributed by atoms with Crippen molar-refractivity contribution in [3.8, 4) is 0 Å². The van der Waals surface area contributed by atoms with E-state index in [4.69, 9.17) is 26.0 Å². The lowest BCUT2D eigenvalue weighted by Crippen LogP contribution is -2.20. The minimum absolute atomic E-state index is 0.0636. The number of benzene rings is 2. The normalized spacial score (nSPS) is 11.9. The molecule has 148 valence electrons. The Kier molecular flexibility index (Phi) is 8.25. The van der Waals surface area contributed by atoms with Crippen LogP contribution < -0.4 is 0 Å². The molecule has 0 radical (unpaired) electrons. The fraction of sp³-hybridized carbons (Fsp3) is 0.250. The van der Waals surface area contributed by atoms with Crippen LogP contribution in [0.25, 0.3) is 0 Å². The predicted octanol–water partition coefficient (Wildman–Crippen LogP) is 4.72. The molecule has 0 saturated heterocycles. The van der Waals surface area contributed by atoms with E-state index in [0.717, 1.165) is 20.3 Å². The van der Waals surface area contributed by atoms with Gasteiger partial charge >= 0.3 is 5.97 Å². The highest BCUT2D eigenvalue weighted by atomic mass is 127. The van der Waals surface area contributed by atoms with Gasteiger partial charge in [-0.05, 0) is 54.1 Å². The second-order valence-corrected chi connectivity index (χ2v) is 7.44. The topological polar surface area (TPSA) is 69.5 Å². The van der Waals surface area contributed by atoms with Gasteiger partial charge in [-0.2, -0.15) is 0 Å². The van der Waals surface area contributed by atoms with Crippen molar-refractivity contribution in [2.45, 2.75) is 20.5 Å². The van der Waals surface area contributed by atoms with E-state index in [-0.39, 0.29) is 12.3 Å². The summed E-state index contributed by atoms with van der Waals surface area (Å²) in [7, 11) is 2.66. The number of ether oxygens (including phenoxy) is 1. The molecule has 2 rings (SSSR count). The Morgan fingerprint density at radius 3 is 2.54 bits per heavy atom. The van der Waals surface area contributed by atoms with Crippen LogP contribution in [-0.4, -0.2) is 31.6 Å². The summed E-state index contributed by atoms with van der Waals surface area (Å²) in [6.45, 7) is 3.87. The number of hydrogen-bond donors (Lipinski definition) is 0. The third kappa shape index (κ3) is 5.45. The van der Waals surface area contributed by atoms with Gasteiger partial charge in [0.15, 0.2) is 5.71 Å². The Balaban J connectivity index is 2.29. The summed E-state index contributed by atoms with van der Waals surface area (Å²) in [5.74, 6) is -0.598. The molecule has 0 N–H and O–H groups in total. The average molecular weight is 515 g/mol. The number of methoxy groups -OCH3 is 1. The molecule has 8 heteroatoms. The molecular weight excluding hydrogens is 495 g/mol. The molecule has 0 spiro atoms. The van der Waals surface area contributed by atoms with Crippen molar-refractivity contribution in [2.75, 3.05) is 14.2 Å². The summed E-state index contributed by atoms with van der Waals surface area (Å²) in [5.41, 5.74) is 3.75. The van der Waals surface area contributed by atoms with Crippen molar-refractivity contribution in [3.05, 3.63) is 67.2 Å². The summed E-state index contributed by atoms with van der Waals surface area (Å²) in [6, 6.07) is 11.2. The first-order chi connectivity index (χ1) is 13.4. The van der Waals surface area contributed by atoms with Crippen LogP contribution in [0.3, 0.4) is 0 Å². The standard InChI is InChI=1S/C20H20ClIN2O4/c1-12-6-5-7-16(19(24-27-4)20(25)26-3)17(12)11-28-23-13(2)15-9-8-14(22)10-18(15)21/h5-10H,11H2,1-4H3/b23-13+,24-19+. The lowest BCUT2D eigenvalue weighted by molar-refractivity contribution is -0.132. The number of carbonyl (C=O) groups is 1. The van der Waals surface area contributed by atoms with Crippen LogP contribution in [0.5, 0.6) is 0 Å². The number of carbonyl (C=O) groups excluding carboxylic acids is 1. The SMILES string of the molecule is CO/N=C(/C(=O)OC)c1cccc(C)c1CO/N=C(\C)c1ccc(I)cc1Cl. The fourth-order valence-electron chi connectivity index (χ4n) is 2.53. The van der Waals surface area contributed by atoms with Crippen LogP contribution in [0.4, 0.5) is 0 Å². The quantitative estimate of drug-likeness (QED) is 0.232. The lowest BCUT2D eigenvalue weighted by atomic mass is 9.99. The molecule has 0 amide bonds. The van der Waals surface area contributed by atoms with Gasteiger partial charge in [-0.3, -0.25) is 0 Å². The Hall–Kier alpha value is -2.13. The highest BCUT2D eigenvalue weighted by Crippen LogP contribution is 2.21. The third-order valence-electron chi connectivity index (χ3n) is 3.96. The molecular formula is C20H20ClIN2O4. The van der Waals surface area contributed by atoms with Crippen LogP contribution >= 0.6 is 34.2 Å². The van der Waals surface area contributed by atoms with Crippen molar-refractivity contribution in [1.82, 2.24) is 0 Å². The number of oxime groups is 2. The molecule has 0 atom stereocenters. The zero-order chi connectivity index (χ0) is 20.7. The van der Waals surface area contributed by atoms with Gasteiger partial charge in [-0.25, -0.2) is 4.79 Å². The van der Waals surface area contributed by atoms with Crippen LogP contribution in [0, 0.1) is 10.5 Å². The van der Waals surface area contributed by atoms with Gasteiger partial charge in [-0.1, -0.05) is 46.2 Å². The molecule has 2 aromatic carbocycles. The Bertz CT molecular complexity index is 928. The summed E-state index contributed by atoms with van der Waals surface area (Å²) in [6.07, 6.45) is 0. The van der Waals surface area contributed by atoms with E-state index in [1.807, 2.05) is 44.2 Å². The minimum Gasteiger partial charge on any atom is -0.464 e. The van der Waals surface area contributed by atoms with Crippen molar-refractivity contribution in [3.63, 3.8) is 0 Å². The first-order valence-corrected chi connectivity index (χ1v) is 9.75. The predicted molar refractivity (Wildman–Crippen MR) is 118 cm³/mol. The van der Waals surface area contributed by atoms with Crippen LogP contribution in [-0.2, 0) is 25.8 Å². The molecule has 6 nitrogen and oxygen atoms in total. The molecule has 0 fully saturated rings. The molecule has 0 saturated carbocycles. The van der Waals surface area contributed by atoms with Crippen LogP contribution in [0.2, 0.25) is 5.02 Å². The van der Waals surface area contributed by atoms with E-state index >= 15 is 0 Å².